The first-order valence-corrected chi connectivity index (χ1v) is 9.13. The van der Waals surface area contributed by atoms with E-state index in [9.17, 15) is 4.79 Å². The van der Waals surface area contributed by atoms with Crippen molar-refractivity contribution in [2.75, 3.05) is 7.05 Å². The van der Waals surface area contributed by atoms with Gasteiger partial charge in [-0.15, -0.1) is 11.3 Å². The van der Waals surface area contributed by atoms with Crippen LogP contribution in [0, 0.1) is 11.3 Å². The van der Waals surface area contributed by atoms with Crippen molar-refractivity contribution in [3.05, 3.63) is 58.8 Å². The van der Waals surface area contributed by atoms with Gasteiger partial charge in [0, 0.05) is 26.4 Å². The smallest absolute Gasteiger partial charge is 0.226 e. The summed E-state index contributed by atoms with van der Waals surface area (Å²) in [7, 11) is 1.77. The number of amides is 1. The second-order valence-electron chi connectivity index (χ2n) is 5.90. The predicted octanol–water partition coefficient (Wildman–Crippen LogP) is 3.65. The molecule has 2 aromatic heterocycles. The Labute approximate surface area is 155 Å². The molecule has 0 radical (unpaired) electrons. The fourth-order valence-corrected chi connectivity index (χ4v) is 3.19. The van der Waals surface area contributed by atoms with Crippen LogP contribution < -0.4 is 0 Å². The maximum Gasteiger partial charge on any atom is 0.226 e. The van der Waals surface area contributed by atoms with Gasteiger partial charge < -0.3 is 9.42 Å². The average molecular weight is 366 g/mol. The number of nitriles is 1. The van der Waals surface area contributed by atoms with Crippen LogP contribution in [0.25, 0.3) is 10.7 Å². The Morgan fingerprint density at radius 1 is 1.35 bits per heavy atom. The number of aromatic nitrogens is 2. The number of carbonyl (C=O) groups excluding carboxylic acids is 1. The van der Waals surface area contributed by atoms with Gasteiger partial charge in [-0.2, -0.15) is 10.2 Å². The van der Waals surface area contributed by atoms with Crippen LogP contribution in [0.5, 0.6) is 0 Å². The molecule has 0 aliphatic carbocycles. The van der Waals surface area contributed by atoms with Crippen LogP contribution in [0.3, 0.4) is 0 Å². The van der Waals surface area contributed by atoms with Gasteiger partial charge in [0.2, 0.25) is 17.6 Å². The molecule has 0 spiro atoms. The van der Waals surface area contributed by atoms with E-state index >= 15 is 0 Å². The lowest BCUT2D eigenvalue weighted by Gasteiger charge is -2.17. The van der Waals surface area contributed by atoms with E-state index in [1.165, 1.54) is 0 Å². The van der Waals surface area contributed by atoms with Crippen molar-refractivity contribution in [1.82, 2.24) is 15.0 Å². The molecular formula is C19H18N4O2S. The van der Waals surface area contributed by atoms with Crippen LogP contribution in [0.1, 0.15) is 29.9 Å². The van der Waals surface area contributed by atoms with Gasteiger partial charge in [0.1, 0.15) is 0 Å². The molecule has 26 heavy (non-hydrogen) atoms. The van der Waals surface area contributed by atoms with Crippen molar-refractivity contribution in [1.29, 1.82) is 5.26 Å². The molecule has 0 N–H and O–H groups in total. The average Bonchev–Trinajstić information content (AvgIpc) is 3.33. The third-order valence-corrected chi connectivity index (χ3v) is 4.76. The number of aryl methyl sites for hydroxylation is 1. The Morgan fingerprint density at radius 2 is 2.23 bits per heavy atom. The molecule has 0 unspecified atom stereocenters. The molecule has 6 nitrogen and oxygen atoms in total. The van der Waals surface area contributed by atoms with Crippen LogP contribution >= 0.6 is 11.3 Å². The SMILES string of the molecule is CN(Cc1cccc(C#N)c1)C(=O)CCCc1nc(-c2cccs2)no1. The zero-order valence-corrected chi connectivity index (χ0v) is 15.2. The normalized spacial score (nSPS) is 10.5. The van der Waals surface area contributed by atoms with E-state index in [0.29, 0.717) is 43.1 Å². The molecule has 0 saturated carbocycles. The van der Waals surface area contributed by atoms with E-state index in [-0.39, 0.29) is 5.91 Å². The molecular weight excluding hydrogens is 348 g/mol. The number of hydrogen-bond acceptors (Lipinski definition) is 6. The minimum atomic E-state index is 0.0466. The van der Waals surface area contributed by atoms with Crippen LogP contribution in [0.15, 0.2) is 46.3 Å². The summed E-state index contributed by atoms with van der Waals surface area (Å²) in [6.45, 7) is 0.484. The van der Waals surface area contributed by atoms with E-state index < -0.39 is 0 Å². The summed E-state index contributed by atoms with van der Waals surface area (Å²) < 4.78 is 5.24. The molecule has 1 amide bonds. The third kappa shape index (κ3) is 4.55. The van der Waals surface area contributed by atoms with Gasteiger partial charge in [0.05, 0.1) is 16.5 Å². The summed E-state index contributed by atoms with van der Waals surface area (Å²) in [5.41, 5.74) is 1.54. The zero-order chi connectivity index (χ0) is 18.4. The van der Waals surface area contributed by atoms with Gasteiger partial charge in [-0.25, -0.2) is 0 Å². The molecule has 0 aliphatic heterocycles. The van der Waals surface area contributed by atoms with E-state index in [2.05, 4.69) is 16.2 Å². The van der Waals surface area contributed by atoms with Gasteiger partial charge in [-0.1, -0.05) is 23.4 Å². The summed E-state index contributed by atoms with van der Waals surface area (Å²) in [6, 6.07) is 13.3. The lowest BCUT2D eigenvalue weighted by atomic mass is 10.1. The second-order valence-corrected chi connectivity index (χ2v) is 6.85. The fraction of sp³-hybridized carbons (Fsp3) is 0.263. The summed E-state index contributed by atoms with van der Waals surface area (Å²) in [6.07, 6.45) is 1.63. The van der Waals surface area contributed by atoms with Crippen molar-refractivity contribution < 1.29 is 9.32 Å². The highest BCUT2D eigenvalue weighted by Gasteiger charge is 2.12. The summed E-state index contributed by atoms with van der Waals surface area (Å²) in [5.74, 6) is 1.19. The molecule has 0 aliphatic rings. The molecule has 132 valence electrons. The number of thiophene rings is 1. The Balaban J connectivity index is 1.47. The molecule has 3 aromatic rings. The van der Waals surface area contributed by atoms with Crippen LogP contribution in [-0.4, -0.2) is 28.0 Å². The Kier molecular flexibility index (Phi) is 5.77. The number of rotatable bonds is 7. The van der Waals surface area contributed by atoms with Gasteiger partial charge in [0.15, 0.2) is 0 Å². The van der Waals surface area contributed by atoms with Gasteiger partial charge in [-0.3, -0.25) is 4.79 Å². The number of benzene rings is 1. The minimum absolute atomic E-state index is 0.0466. The molecule has 0 bridgehead atoms. The largest absolute Gasteiger partial charge is 0.341 e. The Bertz CT molecular complexity index is 912. The maximum absolute atomic E-state index is 12.3. The first-order chi connectivity index (χ1) is 12.7. The lowest BCUT2D eigenvalue weighted by molar-refractivity contribution is -0.130. The summed E-state index contributed by atoms with van der Waals surface area (Å²) in [4.78, 5) is 19.3. The quantitative estimate of drug-likeness (QED) is 0.637. The standard InChI is InChI=1S/C19H18N4O2S/c1-23(13-15-6-2-5-14(11-15)12-20)18(24)9-3-8-17-21-19(22-25-17)16-7-4-10-26-16/h2,4-7,10-11H,3,8-9,13H2,1H3. The third-order valence-electron chi connectivity index (χ3n) is 3.89. The fourth-order valence-electron chi connectivity index (χ4n) is 2.55. The van der Waals surface area contributed by atoms with Gasteiger partial charge in [-0.05, 0) is 35.6 Å². The molecule has 1 aromatic carbocycles. The molecule has 7 heteroatoms. The second kappa shape index (κ2) is 8.41. The van der Waals surface area contributed by atoms with Crippen molar-refractivity contribution in [3.8, 4) is 16.8 Å². The Morgan fingerprint density at radius 3 is 3.00 bits per heavy atom. The highest BCUT2D eigenvalue weighted by atomic mass is 32.1. The minimum Gasteiger partial charge on any atom is -0.341 e. The summed E-state index contributed by atoms with van der Waals surface area (Å²) >= 11 is 1.56. The highest BCUT2D eigenvalue weighted by molar-refractivity contribution is 7.13. The van der Waals surface area contributed by atoms with Gasteiger partial charge in [0.25, 0.3) is 0 Å². The molecule has 3 rings (SSSR count). The van der Waals surface area contributed by atoms with Crippen LogP contribution in [0.2, 0.25) is 0 Å². The van der Waals surface area contributed by atoms with E-state index in [1.54, 1.807) is 35.4 Å². The first-order valence-electron chi connectivity index (χ1n) is 8.25. The molecule has 2 heterocycles. The molecule has 0 fully saturated rings. The predicted molar refractivity (Wildman–Crippen MR) is 98.2 cm³/mol. The van der Waals surface area contributed by atoms with Crippen molar-refractivity contribution in [2.24, 2.45) is 0 Å². The number of nitrogens with zero attached hydrogens (tertiary/aromatic N) is 4. The molecule has 0 atom stereocenters. The van der Waals surface area contributed by atoms with Crippen LogP contribution in [-0.2, 0) is 17.8 Å². The van der Waals surface area contributed by atoms with E-state index in [1.807, 2.05) is 29.6 Å². The van der Waals surface area contributed by atoms with Crippen molar-refractivity contribution in [3.63, 3.8) is 0 Å². The monoisotopic (exact) mass is 366 g/mol. The number of carbonyl (C=O) groups is 1. The van der Waals surface area contributed by atoms with E-state index in [0.717, 1.165) is 10.4 Å². The maximum atomic E-state index is 12.3. The van der Waals surface area contributed by atoms with Crippen molar-refractivity contribution in [2.45, 2.75) is 25.8 Å². The van der Waals surface area contributed by atoms with Crippen molar-refractivity contribution >= 4 is 17.2 Å². The van der Waals surface area contributed by atoms with E-state index in [4.69, 9.17) is 9.78 Å². The first kappa shape index (κ1) is 17.8. The highest BCUT2D eigenvalue weighted by Crippen LogP contribution is 2.21. The topological polar surface area (TPSA) is 83.0 Å². The van der Waals surface area contributed by atoms with Gasteiger partial charge >= 0.3 is 0 Å². The zero-order valence-electron chi connectivity index (χ0n) is 14.4. The Hall–Kier alpha value is -2.98. The van der Waals surface area contributed by atoms with Crippen LogP contribution in [0.4, 0.5) is 0 Å². The summed E-state index contributed by atoms with van der Waals surface area (Å²) in [5, 5.41) is 14.9. The lowest BCUT2D eigenvalue weighted by Crippen LogP contribution is -2.26. The molecule has 0 saturated heterocycles. The number of hydrogen-bond donors (Lipinski definition) is 0.